The molecule has 0 spiro atoms. The highest BCUT2D eigenvalue weighted by atomic mass is 16.6. The molecule has 1 aromatic carbocycles. The third-order valence-corrected chi connectivity index (χ3v) is 2.94. The Kier molecular flexibility index (Phi) is 3.30. The van der Waals surface area contributed by atoms with Crippen molar-refractivity contribution in [3.63, 3.8) is 0 Å². The zero-order valence-electron chi connectivity index (χ0n) is 11.0. The van der Waals surface area contributed by atoms with Crippen molar-refractivity contribution >= 4 is 6.09 Å². The Balaban J connectivity index is 1.91. The van der Waals surface area contributed by atoms with Crippen LogP contribution in [0.1, 0.15) is 32.3 Å². The average Bonchev–Trinajstić information content (AvgIpc) is 2.87. The number of hydrogen-bond donors (Lipinski definition) is 2. The summed E-state index contributed by atoms with van der Waals surface area (Å²) < 4.78 is 5.22. The van der Waals surface area contributed by atoms with Gasteiger partial charge in [-0.25, -0.2) is 4.79 Å². The van der Waals surface area contributed by atoms with Crippen LogP contribution in [0.15, 0.2) is 30.3 Å². The molecule has 3 N–H and O–H groups in total. The van der Waals surface area contributed by atoms with Crippen LogP contribution in [-0.4, -0.2) is 23.8 Å². The molecule has 1 amide bonds. The van der Waals surface area contributed by atoms with E-state index in [4.69, 9.17) is 10.5 Å². The predicted octanol–water partition coefficient (Wildman–Crippen LogP) is 2.00. The lowest BCUT2D eigenvalue weighted by atomic mass is 10.1. The second-order valence-corrected chi connectivity index (χ2v) is 5.69. The van der Waals surface area contributed by atoms with Gasteiger partial charge in [0.15, 0.2) is 0 Å². The molecule has 1 saturated carbocycles. The van der Waals surface area contributed by atoms with Crippen LogP contribution in [0.5, 0.6) is 0 Å². The number of nitrogens with one attached hydrogen (secondary N) is 1. The van der Waals surface area contributed by atoms with Crippen LogP contribution >= 0.6 is 0 Å². The summed E-state index contributed by atoms with van der Waals surface area (Å²) in [6.07, 6.45) is -0.401. The fraction of sp³-hybridized carbons (Fsp3) is 0.500. The summed E-state index contributed by atoms with van der Waals surface area (Å²) in [5.74, 6) is 0.193. The Morgan fingerprint density at radius 1 is 1.28 bits per heavy atom. The Bertz CT molecular complexity index is 425. The standard InChI is InChI=1S/C14H20N2O2/c1-14(2,3)18-13(17)16-12-10(11(12)15)9-7-5-4-6-8-9/h4-8,10-12H,15H2,1-3H3,(H,16,17). The zero-order chi connectivity index (χ0) is 13.3. The molecule has 0 aromatic heterocycles. The van der Waals surface area contributed by atoms with Gasteiger partial charge in [0.1, 0.15) is 5.60 Å². The largest absolute Gasteiger partial charge is 0.444 e. The first-order valence-electron chi connectivity index (χ1n) is 6.18. The first kappa shape index (κ1) is 12.9. The van der Waals surface area contributed by atoms with Crippen LogP contribution in [0.4, 0.5) is 4.79 Å². The molecule has 0 saturated heterocycles. The maximum Gasteiger partial charge on any atom is 0.407 e. The number of nitrogens with two attached hydrogens (primary N) is 1. The third kappa shape index (κ3) is 3.01. The summed E-state index contributed by atoms with van der Waals surface area (Å²) in [6, 6.07) is 9.92. The molecule has 0 radical (unpaired) electrons. The van der Waals surface area contributed by atoms with Crippen molar-refractivity contribution in [2.24, 2.45) is 5.73 Å². The number of ether oxygens (including phenoxy) is 1. The van der Waals surface area contributed by atoms with Gasteiger partial charge in [-0.05, 0) is 26.3 Å². The summed E-state index contributed by atoms with van der Waals surface area (Å²) >= 11 is 0. The quantitative estimate of drug-likeness (QED) is 0.841. The van der Waals surface area contributed by atoms with Gasteiger partial charge < -0.3 is 15.8 Å². The maximum absolute atomic E-state index is 11.6. The second-order valence-electron chi connectivity index (χ2n) is 5.69. The van der Waals surface area contributed by atoms with Gasteiger partial charge in [-0.1, -0.05) is 30.3 Å². The molecule has 0 aliphatic heterocycles. The lowest BCUT2D eigenvalue weighted by Gasteiger charge is -2.19. The first-order valence-corrected chi connectivity index (χ1v) is 6.18. The Labute approximate surface area is 108 Å². The summed E-state index contributed by atoms with van der Waals surface area (Å²) in [5, 5.41) is 2.82. The van der Waals surface area contributed by atoms with Crippen molar-refractivity contribution < 1.29 is 9.53 Å². The van der Waals surface area contributed by atoms with E-state index in [9.17, 15) is 4.79 Å². The van der Waals surface area contributed by atoms with Crippen LogP contribution in [0.3, 0.4) is 0 Å². The molecule has 3 atom stereocenters. The van der Waals surface area contributed by atoms with Crippen molar-refractivity contribution in [2.45, 2.75) is 44.4 Å². The van der Waals surface area contributed by atoms with Gasteiger partial charge in [0.25, 0.3) is 0 Å². The topological polar surface area (TPSA) is 64.3 Å². The number of carbonyl (C=O) groups is 1. The number of hydrogen-bond acceptors (Lipinski definition) is 3. The number of carbonyl (C=O) groups excluding carboxylic acids is 1. The molecule has 4 heteroatoms. The number of rotatable bonds is 2. The summed E-state index contributed by atoms with van der Waals surface area (Å²) in [5.41, 5.74) is 6.66. The maximum atomic E-state index is 11.6. The molecule has 0 bridgehead atoms. The molecule has 1 aliphatic carbocycles. The molecule has 1 fully saturated rings. The highest BCUT2D eigenvalue weighted by Gasteiger charge is 2.49. The van der Waals surface area contributed by atoms with Crippen molar-refractivity contribution in [1.29, 1.82) is 0 Å². The predicted molar refractivity (Wildman–Crippen MR) is 70.3 cm³/mol. The SMILES string of the molecule is CC(C)(C)OC(=O)NC1C(N)C1c1ccccc1. The average molecular weight is 248 g/mol. The third-order valence-electron chi connectivity index (χ3n) is 2.94. The van der Waals surface area contributed by atoms with Gasteiger partial charge in [0, 0.05) is 12.0 Å². The van der Waals surface area contributed by atoms with Crippen molar-refractivity contribution in [3.8, 4) is 0 Å². The van der Waals surface area contributed by atoms with Crippen LogP contribution in [-0.2, 0) is 4.74 Å². The van der Waals surface area contributed by atoms with E-state index in [1.165, 1.54) is 0 Å². The molecule has 1 aromatic rings. The minimum Gasteiger partial charge on any atom is -0.444 e. The lowest BCUT2D eigenvalue weighted by molar-refractivity contribution is 0.0522. The highest BCUT2D eigenvalue weighted by Crippen LogP contribution is 2.39. The monoisotopic (exact) mass is 248 g/mol. The van der Waals surface area contributed by atoms with Crippen LogP contribution in [0.25, 0.3) is 0 Å². The van der Waals surface area contributed by atoms with E-state index in [0.717, 1.165) is 5.56 Å². The molecule has 1 aliphatic rings. The van der Waals surface area contributed by atoms with Gasteiger partial charge in [-0.15, -0.1) is 0 Å². The van der Waals surface area contributed by atoms with Crippen molar-refractivity contribution in [2.75, 3.05) is 0 Å². The van der Waals surface area contributed by atoms with Gasteiger partial charge in [0.05, 0.1) is 6.04 Å². The second kappa shape index (κ2) is 4.61. The normalized spacial score (nSPS) is 26.6. The molecule has 98 valence electrons. The minimum atomic E-state index is -0.481. The molecule has 3 unspecified atom stereocenters. The Hall–Kier alpha value is -1.55. The number of benzene rings is 1. The van der Waals surface area contributed by atoms with E-state index >= 15 is 0 Å². The van der Waals surface area contributed by atoms with E-state index in [2.05, 4.69) is 5.32 Å². The summed E-state index contributed by atoms with van der Waals surface area (Å²) in [6.45, 7) is 5.52. The molecular weight excluding hydrogens is 228 g/mol. The van der Waals surface area contributed by atoms with Gasteiger partial charge in [0.2, 0.25) is 0 Å². The summed E-state index contributed by atoms with van der Waals surface area (Å²) in [7, 11) is 0. The fourth-order valence-electron chi connectivity index (χ4n) is 2.07. The molecular formula is C14H20N2O2. The molecule has 4 nitrogen and oxygen atoms in total. The van der Waals surface area contributed by atoms with E-state index in [1.807, 2.05) is 51.1 Å². The van der Waals surface area contributed by atoms with Crippen molar-refractivity contribution in [1.82, 2.24) is 5.32 Å². The van der Waals surface area contributed by atoms with Crippen LogP contribution in [0, 0.1) is 0 Å². The molecule has 2 rings (SSSR count). The Morgan fingerprint density at radius 2 is 1.89 bits per heavy atom. The van der Waals surface area contributed by atoms with Gasteiger partial charge >= 0.3 is 6.09 Å². The van der Waals surface area contributed by atoms with Crippen LogP contribution < -0.4 is 11.1 Å². The fourth-order valence-corrected chi connectivity index (χ4v) is 2.07. The minimum absolute atomic E-state index is 0.0257. The number of alkyl carbamates (subject to hydrolysis) is 1. The van der Waals surface area contributed by atoms with E-state index in [0.29, 0.717) is 0 Å². The zero-order valence-corrected chi connectivity index (χ0v) is 11.0. The Morgan fingerprint density at radius 3 is 2.44 bits per heavy atom. The smallest absolute Gasteiger partial charge is 0.407 e. The molecule has 0 heterocycles. The lowest BCUT2D eigenvalue weighted by Crippen LogP contribution is -2.35. The molecule has 18 heavy (non-hydrogen) atoms. The van der Waals surface area contributed by atoms with E-state index < -0.39 is 11.7 Å². The van der Waals surface area contributed by atoms with E-state index in [1.54, 1.807) is 0 Å². The highest BCUT2D eigenvalue weighted by molar-refractivity contribution is 5.69. The first-order chi connectivity index (χ1) is 8.38. The van der Waals surface area contributed by atoms with E-state index in [-0.39, 0.29) is 18.0 Å². The van der Waals surface area contributed by atoms with Gasteiger partial charge in [-0.2, -0.15) is 0 Å². The van der Waals surface area contributed by atoms with Crippen molar-refractivity contribution in [3.05, 3.63) is 35.9 Å². The summed E-state index contributed by atoms with van der Waals surface area (Å²) in [4.78, 5) is 11.6. The van der Waals surface area contributed by atoms with Crippen LogP contribution in [0.2, 0.25) is 0 Å². The number of amides is 1. The van der Waals surface area contributed by atoms with Gasteiger partial charge in [-0.3, -0.25) is 0 Å².